The molecule has 0 amide bonds. The summed E-state index contributed by atoms with van der Waals surface area (Å²) in [6.45, 7) is 2.14. The number of allylic oxidation sites excluding steroid dienone is 1. The summed E-state index contributed by atoms with van der Waals surface area (Å²) < 4.78 is 0. The summed E-state index contributed by atoms with van der Waals surface area (Å²) in [5.41, 5.74) is 1.39. The Morgan fingerprint density at radius 3 is 3.30 bits per heavy atom. The maximum atomic E-state index is 4.27. The lowest BCUT2D eigenvalue weighted by Crippen LogP contribution is -2.27. The van der Waals surface area contributed by atoms with Gasteiger partial charge < -0.3 is 5.32 Å². The monoisotopic (exact) mass is 134 g/mol. The number of dihydropyridines is 1. The Balaban J connectivity index is 2.30. The average Bonchev–Trinajstić information content (AvgIpc) is 2.36. The molecule has 0 aliphatic carbocycles. The van der Waals surface area contributed by atoms with Crippen LogP contribution in [0.1, 0.15) is 6.92 Å². The van der Waals surface area contributed by atoms with E-state index in [1.165, 1.54) is 5.57 Å². The predicted octanol–water partition coefficient (Wildman–Crippen LogP) is 1.08. The molecule has 0 spiro atoms. The van der Waals surface area contributed by atoms with Crippen LogP contribution in [-0.4, -0.2) is 12.4 Å². The minimum absolute atomic E-state index is 0.282. The van der Waals surface area contributed by atoms with Gasteiger partial charge in [-0.25, -0.2) is 0 Å². The molecular weight excluding hydrogens is 124 g/mol. The van der Waals surface area contributed by atoms with Gasteiger partial charge in [0, 0.05) is 12.1 Å². The summed E-state index contributed by atoms with van der Waals surface area (Å²) in [5.74, 6) is 0.505. The number of fused-ring (bicyclic) bond motifs is 1. The maximum absolute atomic E-state index is 4.27. The van der Waals surface area contributed by atoms with Gasteiger partial charge in [0.2, 0.25) is 0 Å². The minimum Gasteiger partial charge on any atom is -0.369 e. The highest BCUT2D eigenvalue weighted by Crippen LogP contribution is 2.23. The summed E-state index contributed by atoms with van der Waals surface area (Å²) in [5, 5.41) is 3.17. The Morgan fingerprint density at radius 2 is 2.50 bits per heavy atom. The molecule has 0 saturated carbocycles. The zero-order chi connectivity index (χ0) is 6.97. The van der Waals surface area contributed by atoms with Crippen LogP contribution >= 0.6 is 0 Å². The Kier molecular flexibility index (Phi) is 1.13. The molecule has 2 aliphatic rings. The molecule has 2 unspecified atom stereocenters. The van der Waals surface area contributed by atoms with Gasteiger partial charge in [0.1, 0.15) is 6.17 Å². The lowest BCUT2D eigenvalue weighted by molar-refractivity contribution is 0.550. The van der Waals surface area contributed by atoms with Crippen LogP contribution in [0.4, 0.5) is 0 Å². The van der Waals surface area contributed by atoms with Gasteiger partial charge in [-0.1, -0.05) is 11.6 Å². The number of hydrogen-bond donors (Lipinski definition) is 1. The molecule has 0 bridgehead atoms. The topological polar surface area (TPSA) is 24.4 Å². The van der Waals surface area contributed by atoms with Gasteiger partial charge in [-0.3, -0.25) is 4.99 Å². The van der Waals surface area contributed by atoms with Crippen molar-refractivity contribution in [1.29, 1.82) is 0 Å². The van der Waals surface area contributed by atoms with Gasteiger partial charge in [0.15, 0.2) is 0 Å². The van der Waals surface area contributed by atoms with Crippen LogP contribution in [0, 0.1) is 5.92 Å². The highest BCUT2D eigenvalue weighted by Gasteiger charge is 2.23. The summed E-state index contributed by atoms with van der Waals surface area (Å²) in [4.78, 5) is 4.27. The Bertz CT molecular complexity index is 225. The van der Waals surface area contributed by atoms with E-state index in [4.69, 9.17) is 0 Å². The molecule has 0 radical (unpaired) electrons. The largest absolute Gasteiger partial charge is 0.369 e. The highest BCUT2D eigenvalue weighted by atomic mass is 15.1. The Hall–Kier alpha value is -1.05. The van der Waals surface area contributed by atoms with Gasteiger partial charge in [-0.15, -0.1) is 0 Å². The third-order valence-corrected chi connectivity index (χ3v) is 2.02. The summed E-state index contributed by atoms with van der Waals surface area (Å²) in [6.07, 6.45) is 8.36. The molecule has 0 fully saturated rings. The van der Waals surface area contributed by atoms with E-state index in [-0.39, 0.29) is 6.17 Å². The molecule has 2 heteroatoms. The van der Waals surface area contributed by atoms with E-state index < -0.39 is 0 Å². The number of aliphatic imine (C=N–C) groups is 1. The highest BCUT2D eigenvalue weighted by molar-refractivity contribution is 5.74. The molecule has 0 aromatic rings. The van der Waals surface area contributed by atoms with Gasteiger partial charge >= 0.3 is 0 Å². The first-order valence-electron chi connectivity index (χ1n) is 3.50. The first-order chi connectivity index (χ1) is 4.88. The van der Waals surface area contributed by atoms with E-state index in [0.717, 1.165) is 0 Å². The molecule has 0 aromatic carbocycles. The molecule has 0 aromatic heterocycles. The third-order valence-electron chi connectivity index (χ3n) is 2.02. The van der Waals surface area contributed by atoms with Gasteiger partial charge in [0.25, 0.3) is 0 Å². The summed E-state index contributed by atoms with van der Waals surface area (Å²) in [7, 11) is 0. The van der Waals surface area contributed by atoms with E-state index in [2.05, 4.69) is 29.4 Å². The van der Waals surface area contributed by atoms with E-state index in [1.807, 2.05) is 12.4 Å². The number of rotatable bonds is 0. The zero-order valence-electron chi connectivity index (χ0n) is 5.91. The van der Waals surface area contributed by atoms with Gasteiger partial charge in [-0.05, 0) is 19.2 Å². The predicted molar refractivity (Wildman–Crippen MR) is 41.8 cm³/mol. The summed E-state index contributed by atoms with van der Waals surface area (Å²) >= 11 is 0. The minimum atomic E-state index is 0.282. The van der Waals surface area contributed by atoms with Gasteiger partial charge in [-0.2, -0.15) is 0 Å². The molecule has 1 N–H and O–H groups in total. The zero-order valence-corrected chi connectivity index (χ0v) is 5.91. The van der Waals surface area contributed by atoms with Crippen molar-refractivity contribution in [2.45, 2.75) is 13.1 Å². The van der Waals surface area contributed by atoms with E-state index >= 15 is 0 Å². The van der Waals surface area contributed by atoms with Crippen molar-refractivity contribution in [1.82, 2.24) is 5.32 Å². The van der Waals surface area contributed by atoms with Crippen molar-refractivity contribution >= 4 is 6.21 Å². The van der Waals surface area contributed by atoms with Crippen molar-refractivity contribution in [3.05, 3.63) is 23.9 Å². The molecular formula is C8H10N2. The quantitative estimate of drug-likeness (QED) is 0.526. The smallest absolute Gasteiger partial charge is 0.128 e. The number of nitrogens with zero attached hydrogens (tertiary/aromatic N) is 1. The number of nitrogens with one attached hydrogen (secondary N) is 1. The van der Waals surface area contributed by atoms with Crippen molar-refractivity contribution in [2.24, 2.45) is 10.9 Å². The SMILES string of the molecule is CC1=CC=NC2NC=CC12. The number of hydrogen-bond acceptors (Lipinski definition) is 2. The van der Waals surface area contributed by atoms with Crippen LogP contribution in [0.2, 0.25) is 0 Å². The molecule has 2 heterocycles. The molecule has 10 heavy (non-hydrogen) atoms. The Morgan fingerprint density at radius 1 is 1.60 bits per heavy atom. The normalized spacial score (nSPS) is 35.1. The maximum Gasteiger partial charge on any atom is 0.128 e. The first-order valence-corrected chi connectivity index (χ1v) is 3.50. The standard InChI is InChI=1S/C8H10N2/c1-6-2-4-9-8-7(6)3-5-10-8/h2-5,7-8,10H,1H3. The fourth-order valence-electron chi connectivity index (χ4n) is 1.37. The average molecular weight is 134 g/mol. The lowest BCUT2D eigenvalue weighted by Gasteiger charge is -2.18. The molecule has 52 valence electrons. The molecule has 2 atom stereocenters. The molecule has 0 saturated heterocycles. The van der Waals surface area contributed by atoms with Crippen molar-refractivity contribution in [2.75, 3.05) is 0 Å². The fourth-order valence-corrected chi connectivity index (χ4v) is 1.37. The van der Waals surface area contributed by atoms with Crippen LogP contribution < -0.4 is 5.32 Å². The van der Waals surface area contributed by atoms with Crippen molar-refractivity contribution in [3.8, 4) is 0 Å². The second-order valence-electron chi connectivity index (χ2n) is 2.71. The van der Waals surface area contributed by atoms with E-state index in [9.17, 15) is 0 Å². The molecule has 2 rings (SSSR count). The van der Waals surface area contributed by atoms with Crippen molar-refractivity contribution < 1.29 is 0 Å². The van der Waals surface area contributed by atoms with E-state index in [1.54, 1.807) is 0 Å². The third kappa shape index (κ3) is 0.685. The van der Waals surface area contributed by atoms with Gasteiger partial charge in [0.05, 0.1) is 0 Å². The van der Waals surface area contributed by atoms with Crippen LogP contribution in [0.3, 0.4) is 0 Å². The second-order valence-corrected chi connectivity index (χ2v) is 2.71. The van der Waals surface area contributed by atoms with Crippen LogP contribution in [0.5, 0.6) is 0 Å². The molecule has 2 aliphatic heterocycles. The second kappa shape index (κ2) is 1.97. The Labute approximate surface area is 60.3 Å². The first kappa shape index (κ1) is 5.71. The fraction of sp³-hybridized carbons (Fsp3) is 0.375. The summed E-state index contributed by atoms with van der Waals surface area (Å²) in [6, 6.07) is 0. The van der Waals surface area contributed by atoms with Crippen LogP contribution in [0.15, 0.2) is 28.9 Å². The van der Waals surface area contributed by atoms with Crippen molar-refractivity contribution in [3.63, 3.8) is 0 Å². The van der Waals surface area contributed by atoms with Crippen LogP contribution in [-0.2, 0) is 0 Å². The van der Waals surface area contributed by atoms with Crippen LogP contribution in [0.25, 0.3) is 0 Å². The molecule has 2 nitrogen and oxygen atoms in total. The van der Waals surface area contributed by atoms with E-state index in [0.29, 0.717) is 5.92 Å². The lowest BCUT2D eigenvalue weighted by atomic mass is 9.97.